The van der Waals surface area contributed by atoms with Crippen molar-refractivity contribution in [2.45, 2.75) is 6.54 Å². The van der Waals surface area contributed by atoms with E-state index in [1.165, 1.54) is 11.1 Å². The van der Waals surface area contributed by atoms with Crippen LogP contribution in [0.5, 0.6) is 0 Å². The number of hydrogen-bond acceptors (Lipinski definition) is 4. The number of benzene rings is 1. The van der Waals surface area contributed by atoms with Crippen LogP contribution < -0.4 is 5.32 Å². The first-order valence-corrected chi connectivity index (χ1v) is 7.11. The number of aliphatic imine (C=N–C) groups is 1. The molecule has 2 heterocycles. The van der Waals surface area contributed by atoms with Gasteiger partial charge in [-0.1, -0.05) is 24.3 Å². The van der Waals surface area contributed by atoms with Crippen molar-refractivity contribution in [3.8, 4) is 0 Å². The van der Waals surface area contributed by atoms with Gasteiger partial charge in [-0.25, -0.2) is 0 Å². The summed E-state index contributed by atoms with van der Waals surface area (Å²) in [4.78, 5) is 9.29. The van der Waals surface area contributed by atoms with Crippen LogP contribution >= 0.6 is 0 Å². The fraction of sp³-hybridized carbons (Fsp3) is 0.533. The molecule has 0 spiro atoms. The van der Waals surface area contributed by atoms with Gasteiger partial charge in [0.15, 0.2) is 0 Å². The molecule has 4 nitrogen and oxygen atoms in total. The van der Waals surface area contributed by atoms with Gasteiger partial charge in [0, 0.05) is 51.9 Å². The number of hydrogen-bond donors (Lipinski definition) is 1. The Balaban J connectivity index is 1.65. The highest BCUT2D eigenvalue weighted by Gasteiger charge is 2.14. The van der Waals surface area contributed by atoms with Gasteiger partial charge in [0.05, 0.1) is 6.54 Å². The standard InChI is InChI=1S/C15H22N4/c1-18-9-8-17-15(18)14-4-2-13(3-5-14)12-19-10-6-16-7-11-19/h2-5,16H,6-12H2,1H3. The van der Waals surface area contributed by atoms with E-state index in [-0.39, 0.29) is 0 Å². The normalized spacial score (nSPS) is 20.7. The largest absolute Gasteiger partial charge is 0.358 e. The quantitative estimate of drug-likeness (QED) is 0.869. The molecule has 0 saturated carbocycles. The second-order valence-electron chi connectivity index (χ2n) is 5.35. The lowest BCUT2D eigenvalue weighted by atomic mass is 10.1. The Hall–Kier alpha value is -1.39. The fourth-order valence-corrected chi connectivity index (χ4v) is 2.73. The van der Waals surface area contributed by atoms with Crippen LogP contribution in [0.3, 0.4) is 0 Å². The van der Waals surface area contributed by atoms with E-state index in [1.54, 1.807) is 0 Å². The average molecular weight is 258 g/mol. The topological polar surface area (TPSA) is 30.9 Å². The molecule has 0 aliphatic carbocycles. The molecule has 2 aliphatic heterocycles. The molecule has 0 aromatic heterocycles. The second kappa shape index (κ2) is 5.72. The van der Waals surface area contributed by atoms with Gasteiger partial charge in [-0.15, -0.1) is 0 Å². The first kappa shape index (κ1) is 12.6. The van der Waals surface area contributed by atoms with Crippen molar-refractivity contribution >= 4 is 5.84 Å². The van der Waals surface area contributed by atoms with Crippen molar-refractivity contribution in [3.63, 3.8) is 0 Å². The van der Waals surface area contributed by atoms with Crippen LogP contribution in [-0.2, 0) is 6.54 Å². The number of likely N-dealkylation sites (N-methyl/N-ethyl adjacent to an activating group) is 1. The molecular weight excluding hydrogens is 236 g/mol. The third-order valence-corrected chi connectivity index (χ3v) is 3.89. The molecule has 0 bridgehead atoms. The first-order valence-electron chi connectivity index (χ1n) is 7.11. The molecule has 3 rings (SSSR count). The molecule has 19 heavy (non-hydrogen) atoms. The highest BCUT2D eigenvalue weighted by atomic mass is 15.2. The predicted octanol–water partition coefficient (Wildman–Crippen LogP) is 0.784. The van der Waals surface area contributed by atoms with Crippen molar-refractivity contribution in [1.29, 1.82) is 0 Å². The van der Waals surface area contributed by atoms with E-state index in [2.05, 4.69) is 51.4 Å². The van der Waals surface area contributed by atoms with Crippen molar-refractivity contribution in [1.82, 2.24) is 15.1 Å². The number of nitrogens with zero attached hydrogens (tertiary/aromatic N) is 3. The maximum atomic E-state index is 4.56. The highest BCUT2D eigenvalue weighted by Crippen LogP contribution is 2.12. The van der Waals surface area contributed by atoms with E-state index in [4.69, 9.17) is 0 Å². The molecule has 1 saturated heterocycles. The third-order valence-electron chi connectivity index (χ3n) is 3.89. The molecule has 1 N–H and O–H groups in total. The van der Waals surface area contributed by atoms with Crippen LogP contribution in [0.1, 0.15) is 11.1 Å². The van der Waals surface area contributed by atoms with Crippen LogP contribution in [0.2, 0.25) is 0 Å². The molecule has 0 amide bonds. The van der Waals surface area contributed by atoms with Crippen molar-refractivity contribution in [2.75, 3.05) is 46.3 Å². The van der Waals surface area contributed by atoms with Crippen LogP contribution in [0, 0.1) is 0 Å². The van der Waals surface area contributed by atoms with Gasteiger partial charge in [-0.05, 0) is 5.56 Å². The van der Waals surface area contributed by atoms with E-state index < -0.39 is 0 Å². The van der Waals surface area contributed by atoms with Gasteiger partial charge in [0.2, 0.25) is 0 Å². The summed E-state index contributed by atoms with van der Waals surface area (Å²) in [5, 5.41) is 3.39. The van der Waals surface area contributed by atoms with Crippen LogP contribution in [0.4, 0.5) is 0 Å². The summed E-state index contributed by atoms with van der Waals surface area (Å²) < 4.78 is 0. The highest BCUT2D eigenvalue weighted by molar-refractivity contribution is 5.99. The lowest BCUT2D eigenvalue weighted by Gasteiger charge is -2.27. The maximum absolute atomic E-state index is 4.56. The van der Waals surface area contributed by atoms with Gasteiger partial charge in [-0.3, -0.25) is 9.89 Å². The Morgan fingerprint density at radius 3 is 2.47 bits per heavy atom. The summed E-state index contributed by atoms with van der Waals surface area (Å²) in [6.45, 7) is 7.55. The smallest absolute Gasteiger partial charge is 0.130 e. The maximum Gasteiger partial charge on any atom is 0.130 e. The summed E-state index contributed by atoms with van der Waals surface area (Å²) in [7, 11) is 2.11. The minimum absolute atomic E-state index is 0.925. The van der Waals surface area contributed by atoms with Crippen LogP contribution in [0.25, 0.3) is 0 Å². The molecule has 1 fully saturated rings. The van der Waals surface area contributed by atoms with Gasteiger partial charge >= 0.3 is 0 Å². The summed E-state index contributed by atoms with van der Waals surface area (Å²) in [5.74, 6) is 1.13. The first-order chi connectivity index (χ1) is 9.33. The lowest BCUT2D eigenvalue weighted by molar-refractivity contribution is 0.233. The molecule has 0 atom stereocenters. The minimum atomic E-state index is 0.925. The molecular formula is C15H22N4. The predicted molar refractivity (Wildman–Crippen MR) is 78.6 cm³/mol. The van der Waals surface area contributed by atoms with E-state index in [0.29, 0.717) is 0 Å². The van der Waals surface area contributed by atoms with E-state index in [9.17, 15) is 0 Å². The van der Waals surface area contributed by atoms with Crippen molar-refractivity contribution < 1.29 is 0 Å². The zero-order valence-corrected chi connectivity index (χ0v) is 11.6. The Labute approximate surface area is 115 Å². The van der Waals surface area contributed by atoms with Crippen LogP contribution in [-0.4, -0.2) is 62.0 Å². The monoisotopic (exact) mass is 258 g/mol. The van der Waals surface area contributed by atoms with E-state index in [0.717, 1.165) is 51.6 Å². The van der Waals surface area contributed by atoms with Crippen LogP contribution in [0.15, 0.2) is 29.3 Å². The van der Waals surface area contributed by atoms with E-state index >= 15 is 0 Å². The fourth-order valence-electron chi connectivity index (χ4n) is 2.73. The number of amidine groups is 1. The van der Waals surface area contributed by atoms with E-state index in [1.807, 2.05) is 0 Å². The SMILES string of the molecule is CN1CCN=C1c1ccc(CN2CCNCC2)cc1. The zero-order chi connectivity index (χ0) is 13.1. The molecule has 1 aromatic rings. The third kappa shape index (κ3) is 2.96. The second-order valence-corrected chi connectivity index (χ2v) is 5.35. The number of nitrogens with one attached hydrogen (secondary N) is 1. The average Bonchev–Trinajstić information content (AvgIpc) is 2.87. The molecule has 102 valence electrons. The molecule has 1 aromatic carbocycles. The van der Waals surface area contributed by atoms with Crippen molar-refractivity contribution in [3.05, 3.63) is 35.4 Å². The van der Waals surface area contributed by atoms with Gasteiger partial charge in [-0.2, -0.15) is 0 Å². The minimum Gasteiger partial charge on any atom is -0.358 e. The molecule has 2 aliphatic rings. The Bertz CT molecular complexity index is 446. The number of piperazine rings is 1. The van der Waals surface area contributed by atoms with Crippen molar-refractivity contribution in [2.24, 2.45) is 4.99 Å². The van der Waals surface area contributed by atoms with Gasteiger partial charge < -0.3 is 10.2 Å². The zero-order valence-electron chi connectivity index (χ0n) is 11.6. The van der Waals surface area contributed by atoms with Gasteiger partial charge in [0.1, 0.15) is 5.84 Å². The molecule has 0 unspecified atom stereocenters. The van der Waals surface area contributed by atoms with Gasteiger partial charge in [0.25, 0.3) is 0 Å². The summed E-state index contributed by atoms with van der Waals surface area (Å²) >= 11 is 0. The lowest BCUT2D eigenvalue weighted by Crippen LogP contribution is -2.42. The Morgan fingerprint density at radius 1 is 1.11 bits per heavy atom. The summed E-state index contributed by atoms with van der Waals surface area (Å²) in [6.07, 6.45) is 0. The molecule has 0 radical (unpaired) electrons. The molecule has 4 heteroatoms. The summed E-state index contributed by atoms with van der Waals surface area (Å²) in [5.41, 5.74) is 2.64. The Morgan fingerprint density at radius 2 is 1.84 bits per heavy atom. The Kier molecular flexibility index (Phi) is 3.80. The number of rotatable bonds is 3. The summed E-state index contributed by atoms with van der Waals surface area (Å²) in [6, 6.07) is 8.90.